The number of rotatable bonds is 10. The molecule has 0 radical (unpaired) electrons. The number of nitrogens with zero attached hydrogens (tertiary/aromatic N) is 2. The van der Waals surface area contributed by atoms with Gasteiger partial charge in [-0.15, -0.1) is 0 Å². The number of benzene rings is 1. The third kappa shape index (κ3) is 8.93. The molecule has 0 atom stereocenters. The summed E-state index contributed by atoms with van der Waals surface area (Å²) in [6.45, 7) is 13.2. The quantitative estimate of drug-likeness (QED) is 0.313. The molecule has 1 rings (SSSR count). The number of nitrogens with one attached hydrogen (secondary N) is 3. The SMILES string of the molecule is CN=C(NCCCN(C(C)C)C(C)C)NCCC(=O)Nc1ccc(C)cc1Cl. The van der Waals surface area contributed by atoms with Crippen LogP contribution in [0.3, 0.4) is 0 Å². The standard InChI is InChI=1S/C21H36ClN5O/c1-15(2)27(16(3)4)13-7-11-24-21(23-6)25-12-10-20(28)26-19-9-8-17(5)14-18(19)22/h8-9,14-16H,7,10-13H2,1-6H3,(H,26,28)(H2,23,24,25). The summed E-state index contributed by atoms with van der Waals surface area (Å²) < 4.78 is 0. The molecular weight excluding hydrogens is 374 g/mol. The molecule has 0 bridgehead atoms. The summed E-state index contributed by atoms with van der Waals surface area (Å²) in [5.41, 5.74) is 1.70. The van der Waals surface area contributed by atoms with Crippen LogP contribution in [0.15, 0.2) is 23.2 Å². The Morgan fingerprint density at radius 3 is 2.36 bits per heavy atom. The molecule has 0 heterocycles. The third-order valence-corrected chi connectivity index (χ3v) is 4.79. The highest BCUT2D eigenvalue weighted by Crippen LogP contribution is 2.22. The van der Waals surface area contributed by atoms with Crippen LogP contribution in [0.5, 0.6) is 0 Å². The minimum atomic E-state index is -0.0850. The van der Waals surface area contributed by atoms with E-state index in [2.05, 4.69) is 53.5 Å². The molecule has 0 aromatic heterocycles. The number of aliphatic imine (C=N–C) groups is 1. The van der Waals surface area contributed by atoms with E-state index in [0.29, 0.717) is 41.7 Å². The minimum absolute atomic E-state index is 0.0850. The molecule has 1 aromatic rings. The van der Waals surface area contributed by atoms with Gasteiger partial charge in [0.1, 0.15) is 0 Å². The first-order valence-corrected chi connectivity index (χ1v) is 10.4. The number of anilines is 1. The normalized spacial score (nSPS) is 12.0. The molecule has 0 aliphatic rings. The molecule has 0 aliphatic carbocycles. The average molecular weight is 410 g/mol. The van der Waals surface area contributed by atoms with Crippen LogP contribution in [-0.2, 0) is 4.79 Å². The van der Waals surface area contributed by atoms with E-state index in [1.54, 1.807) is 7.05 Å². The zero-order valence-electron chi connectivity index (χ0n) is 18.1. The summed E-state index contributed by atoms with van der Waals surface area (Å²) in [6, 6.07) is 6.66. The molecule has 7 heteroatoms. The number of carbonyl (C=O) groups is 1. The molecule has 158 valence electrons. The maximum atomic E-state index is 12.1. The molecule has 0 unspecified atom stereocenters. The van der Waals surface area contributed by atoms with Gasteiger partial charge in [-0.05, 0) is 58.7 Å². The van der Waals surface area contributed by atoms with Gasteiger partial charge in [-0.2, -0.15) is 0 Å². The first-order chi connectivity index (χ1) is 13.2. The maximum Gasteiger partial charge on any atom is 0.226 e. The Hall–Kier alpha value is -1.79. The van der Waals surface area contributed by atoms with Crippen molar-refractivity contribution in [2.75, 3.05) is 32.0 Å². The van der Waals surface area contributed by atoms with Crippen molar-refractivity contribution in [1.82, 2.24) is 15.5 Å². The summed E-state index contributed by atoms with van der Waals surface area (Å²) in [7, 11) is 1.73. The van der Waals surface area contributed by atoms with Gasteiger partial charge in [0, 0.05) is 45.2 Å². The van der Waals surface area contributed by atoms with Gasteiger partial charge in [0.05, 0.1) is 10.7 Å². The molecule has 28 heavy (non-hydrogen) atoms. The number of hydrogen-bond donors (Lipinski definition) is 3. The first-order valence-electron chi connectivity index (χ1n) is 10.0. The van der Waals surface area contributed by atoms with Gasteiger partial charge in [0.2, 0.25) is 5.91 Å². The van der Waals surface area contributed by atoms with Gasteiger partial charge in [-0.1, -0.05) is 17.7 Å². The van der Waals surface area contributed by atoms with Gasteiger partial charge in [-0.3, -0.25) is 14.7 Å². The lowest BCUT2D eigenvalue weighted by molar-refractivity contribution is -0.116. The van der Waals surface area contributed by atoms with Crippen molar-refractivity contribution < 1.29 is 4.79 Å². The lowest BCUT2D eigenvalue weighted by atomic mass is 10.2. The predicted octanol–water partition coefficient (Wildman–Crippen LogP) is 3.65. The van der Waals surface area contributed by atoms with Gasteiger partial charge in [0.25, 0.3) is 0 Å². The van der Waals surface area contributed by atoms with Crippen LogP contribution in [0.2, 0.25) is 5.02 Å². The van der Waals surface area contributed by atoms with Gasteiger partial charge in [-0.25, -0.2) is 0 Å². The van der Waals surface area contributed by atoms with Crippen molar-refractivity contribution in [2.45, 2.75) is 59.5 Å². The van der Waals surface area contributed by atoms with Crippen LogP contribution in [0.1, 0.15) is 46.1 Å². The lowest BCUT2D eigenvalue weighted by Gasteiger charge is -2.30. The number of aryl methyl sites for hydroxylation is 1. The molecule has 0 fully saturated rings. The number of hydrogen-bond acceptors (Lipinski definition) is 3. The van der Waals surface area contributed by atoms with E-state index in [1.807, 2.05) is 25.1 Å². The highest BCUT2D eigenvalue weighted by Gasteiger charge is 2.12. The fourth-order valence-electron chi connectivity index (χ4n) is 3.03. The monoisotopic (exact) mass is 409 g/mol. The molecule has 3 N–H and O–H groups in total. The van der Waals surface area contributed by atoms with Gasteiger partial charge in [0.15, 0.2) is 5.96 Å². The van der Waals surface area contributed by atoms with Crippen molar-refractivity contribution in [3.05, 3.63) is 28.8 Å². The number of carbonyl (C=O) groups excluding carboxylic acids is 1. The highest BCUT2D eigenvalue weighted by atomic mass is 35.5. The average Bonchev–Trinajstić information content (AvgIpc) is 2.61. The Morgan fingerprint density at radius 2 is 1.79 bits per heavy atom. The van der Waals surface area contributed by atoms with Crippen molar-refractivity contribution in [1.29, 1.82) is 0 Å². The lowest BCUT2D eigenvalue weighted by Crippen LogP contribution is -2.41. The van der Waals surface area contributed by atoms with Crippen LogP contribution in [-0.4, -0.2) is 55.5 Å². The minimum Gasteiger partial charge on any atom is -0.356 e. The Bertz CT molecular complexity index is 638. The third-order valence-electron chi connectivity index (χ3n) is 4.48. The van der Waals surface area contributed by atoms with Crippen LogP contribution in [0.4, 0.5) is 5.69 Å². The van der Waals surface area contributed by atoms with E-state index in [-0.39, 0.29) is 5.91 Å². The zero-order chi connectivity index (χ0) is 21.1. The van der Waals surface area contributed by atoms with Crippen LogP contribution in [0.25, 0.3) is 0 Å². The highest BCUT2D eigenvalue weighted by molar-refractivity contribution is 6.33. The van der Waals surface area contributed by atoms with Crippen molar-refractivity contribution in [3.8, 4) is 0 Å². The Kier molecular flexibility index (Phi) is 10.9. The number of guanidine groups is 1. The van der Waals surface area contributed by atoms with Crippen LogP contribution < -0.4 is 16.0 Å². The summed E-state index contributed by atoms with van der Waals surface area (Å²) in [5.74, 6) is 0.625. The second-order valence-electron chi connectivity index (χ2n) is 7.49. The summed E-state index contributed by atoms with van der Waals surface area (Å²) in [6.07, 6.45) is 1.36. The van der Waals surface area contributed by atoms with Crippen molar-refractivity contribution in [3.63, 3.8) is 0 Å². The Balaban J connectivity index is 2.29. The van der Waals surface area contributed by atoms with E-state index in [4.69, 9.17) is 11.6 Å². The van der Waals surface area contributed by atoms with E-state index >= 15 is 0 Å². The molecule has 0 aliphatic heterocycles. The first kappa shape index (κ1) is 24.2. The Labute approximate surface area is 175 Å². The van der Waals surface area contributed by atoms with E-state index in [9.17, 15) is 4.79 Å². The fraction of sp³-hybridized carbons (Fsp3) is 0.619. The largest absolute Gasteiger partial charge is 0.356 e. The fourth-order valence-corrected chi connectivity index (χ4v) is 3.31. The predicted molar refractivity (Wildman–Crippen MR) is 120 cm³/mol. The molecule has 6 nitrogen and oxygen atoms in total. The summed E-state index contributed by atoms with van der Waals surface area (Å²) in [4.78, 5) is 18.8. The van der Waals surface area contributed by atoms with Gasteiger partial charge < -0.3 is 16.0 Å². The molecule has 1 amide bonds. The molecule has 0 saturated carbocycles. The smallest absolute Gasteiger partial charge is 0.226 e. The zero-order valence-corrected chi connectivity index (χ0v) is 18.9. The van der Waals surface area contributed by atoms with E-state index in [0.717, 1.165) is 25.1 Å². The van der Waals surface area contributed by atoms with Crippen molar-refractivity contribution in [2.24, 2.45) is 4.99 Å². The molecule has 0 spiro atoms. The van der Waals surface area contributed by atoms with Crippen LogP contribution in [0, 0.1) is 6.92 Å². The summed E-state index contributed by atoms with van der Waals surface area (Å²) in [5, 5.41) is 9.87. The maximum absolute atomic E-state index is 12.1. The van der Waals surface area contributed by atoms with Crippen LogP contribution >= 0.6 is 11.6 Å². The second kappa shape index (κ2) is 12.6. The number of amides is 1. The number of halogens is 1. The van der Waals surface area contributed by atoms with E-state index in [1.165, 1.54) is 0 Å². The second-order valence-corrected chi connectivity index (χ2v) is 7.89. The molecule has 0 saturated heterocycles. The Morgan fingerprint density at radius 1 is 1.14 bits per heavy atom. The summed E-state index contributed by atoms with van der Waals surface area (Å²) >= 11 is 6.15. The van der Waals surface area contributed by atoms with Gasteiger partial charge >= 0.3 is 0 Å². The van der Waals surface area contributed by atoms with Crippen molar-refractivity contribution >= 4 is 29.2 Å². The topological polar surface area (TPSA) is 68.8 Å². The van der Waals surface area contributed by atoms with E-state index < -0.39 is 0 Å². The molecule has 1 aromatic carbocycles. The molecular formula is C21H36ClN5O.